The fraction of sp³-hybridized carbons (Fsp3) is 0.308. The first kappa shape index (κ1) is 12.7. The minimum Gasteiger partial charge on any atom is -0.384 e. The topological polar surface area (TPSA) is 38.0 Å². The zero-order valence-electron chi connectivity index (χ0n) is 10.4. The molecule has 1 unspecified atom stereocenters. The number of hydrogen-bond donors (Lipinski definition) is 1. The molecule has 5 heteroatoms. The van der Waals surface area contributed by atoms with Crippen molar-refractivity contribution in [2.24, 2.45) is 7.05 Å². The zero-order chi connectivity index (χ0) is 13.4. The highest BCUT2D eigenvalue weighted by atomic mass is 19.2. The molecule has 1 heterocycles. The second-order valence-electron chi connectivity index (χ2n) is 4.28. The molecule has 2 aromatic rings. The Morgan fingerprint density at radius 3 is 2.39 bits per heavy atom. The van der Waals surface area contributed by atoms with Crippen molar-refractivity contribution < 1.29 is 13.9 Å². The Morgan fingerprint density at radius 2 is 1.89 bits per heavy atom. The van der Waals surface area contributed by atoms with Gasteiger partial charge in [-0.25, -0.2) is 8.78 Å². The van der Waals surface area contributed by atoms with Crippen molar-refractivity contribution in [3.05, 3.63) is 52.3 Å². The van der Waals surface area contributed by atoms with Crippen molar-refractivity contribution in [1.29, 1.82) is 0 Å². The average molecular weight is 252 g/mol. The van der Waals surface area contributed by atoms with E-state index in [0.29, 0.717) is 16.8 Å². The van der Waals surface area contributed by atoms with Crippen LogP contribution in [0.25, 0.3) is 0 Å². The molecule has 0 aliphatic rings. The Bertz CT molecular complexity index is 593. The summed E-state index contributed by atoms with van der Waals surface area (Å²) in [7, 11) is 1.77. The van der Waals surface area contributed by atoms with E-state index in [0.717, 1.165) is 17.8 Å². The summed E-state index contributed by atoms with van der Waals surface area (Å²) in [5.41, 5.74) is 2.41. The maximum Gasteiger partial charge on any atom is 0.159 e. The summed E-state index contributed by atoms with van der Waals surface area (Å²) < 4.78 is 27.7. The molecule has 0 radical (unpaired) electrons. The molecule has 0 bridgehead atoms. The van der Waals surface area contributed by atoms with Crippen LogP contribution in [0.3, 0.4) is 0 Å². The molecule has 18 heavy (non-hydrogen) atoms. The van der Waals surface area contributed by atoms with Gasteiger partial charge in [0.2, 0.25) is 0 Å². The van der Waals surface area contributed by atoms with Gasteiger partial charge in [-0.3, -0.25) is 4.68 Å². The van der Waals surface area contributed by atoms with E-state index >= 15 is 0 Å². The first-order valence-corrected chi connectivity index (χ1v) is 5.55. The zero-order valence-corrected chi connectivity index (χ0v) is 10.4. The quantitative estimate of drug-likeness (QED) is 0.891. The summed E-state index contributed by atoms with van der Waals surface area (Å²) in [5.74, 6) is -1.89. The lowest BCUT2D eigenvalue weighted by Crippen LogP contribution is -2.04. The van der Waals surface area contributed by atoms with Crippen LogP contribution in [-0.2, 0) is 7.05 Å². The van der Waals surface area contributed by atoms with Crippen LogP contribution in [0.4, 0.5) is 8.78 Å². The van der Waals surface area contributed by atoms with Crippen LogP contribution >= 0.6 is 0 Å². The van der Waals surface area contributed by atoms with E-state index in [-0.39, 0.29) is 0 Å². The maximum absolute atomic E-state index is 13.2. The third kappa shape index (κ3) is 2.01. The van der Waals surface area contributed by atoms with Crippen molar-refractivity contribution >= 4 is 0 Å². The monoisotopic (exact) mass is 252 g/mol. The smallest absolute Gasteiger partial charge is 0.159 e. The first-order chi connectivity index (χ1) is 8.41. The number of aliphatic hydroxyl groups excluding tert-OH is 1. The van der Waals surface area contributed by atoms with Crippen LogP contribution in [0, 0.1) is 25.5 Å². The van der Waals surface area contributed by atoms with E-state index in [9.17, 15) is 13.9 Å². The average Bonchev–Trinajstić information content (AvgIpc) is 2.56. The standard InChI is InChI=1S/C13H14F2N2O/c1-7-12(8(2)17(3)16-7)13(18)9-4-5-10(14)11(15)6-9/h4-6,13,18H,1-3H3. The Labute approximate surface area is 104 Å². The van der Waals surface area contributed by atoms with E-state index in [2.05, 4.69) is 5.10 Å². The molecule has 1 atom stereocenters. The number of hydrogen-bond acceptors (Lipinski definition) is 2. The van der Waals surface area contributed by atoms with Crippen molar-refractivity contribution in [2.75, 3.05) is 0 Å². The normalized spacial score (nSPS) is 12.8. The first-order valence-electron chi connectivity index (χ1n) is 5.55. The molecular weight excluding hydrogens is 238 g/mol. The van der Waals surface area contributed by atoms with E-state index in [4.69, 9.17) is 0 Å². The molecule has 0 spiro atoms. The van der Waals surface area contributed by atoms with Gasteiger partial charge < -0.3 is 5.11 Å². The summed E-state index contributed by atoms with van der Waals surface area (Å²) in [5, 5.41) is 14.4. The van der Waals surface area contributed by atoms with E-state index in [1.807, 2.05) is 6.92 Å². The van der Waals surface area contributed by atoms with Gasteiger partial charge in [-0.1, -0.05) is 6.07 Å². The van der Waals surface area contributed by atoms with Crippen LogP contribution in [0.5, 0.6) is 0 Å². The molecule has 3 nitrogen and oxygen atoms in total. The second-order valence-corrected chi connectivity index (χ2v) is 4.28. The predicted molar refractivity (Wildman–Crippen MR) is 63.1 cm³/mol. The molecule has 2 rings (SSSR count). The molecule has 0 saturated heterocycles. The van der Waals surface area contributed by atoms with Crippen LogP contribution in [-0.4, -0.2) is 14.9 Å². The van der Waals surface area contributed by atoms with Gasteiger partial charge in [0, 0.05) is 18.3 Å². The Kier molecular flexibility index (Phi) is 3.17. The summed E-state index contributed by atoms with van der Waals surface area (Å²) in [4.78, 5) is 0. The van der Waals surface area contributed by atoms with Crippen LogP contribution in [0.15, 0.2) is 18.2 Å². The van der Waals surface area contributed by atoms with Gasteiger partial charge in [-0.15, -0.1) is 0 Å². The van der Waals surface area contributed by atoms with Gasteiger partial charge in [-0.2, -0.15) is 5.10 Å². The lowest BCUT2D eigenvalue weighted by Gasteiger charge is -2.12. The lowest BCUT2D eigenvalue weighted by atomic mass is 10.00. The molecular formula is C13H14F2N2O. The fourth-order valence-corrected chi connectivity index (χ4v) is 2.03. The molecule has 0 saturated carbocycles. The van der Waals surface area contributed by atoms with Gasteiger partial charge in [0.25, 0.3) is 0 Å². The molecule has 1 aromatic carbocycles. The number of rotatable bonds is 2. The summed E-state index contributed by atoms with van der Waals surface area (Å²) >= 11 is 0. The fourth-order valence-electron chi connectivity index (χ4n) is 2.03. The molecule has 0 fully saturated rings. The van der Waals surface area contributed by atoms with Gasteiger partial charge in [0.1, 0.15) is 6.10 Å². The molecule has 96 valence electrons. The second kappa shape index (κ2) is 4.49. The molecule has 0 aliphatic heterocycles. The maximum atomic E-state index is 13.2. The van der Waals surface area contributed by atoms with Crippen molar-refractivity contribution in [3.63, 3.8) is 0 Å². The molecule has 0 amide bonds. The number of nitrogens with zero attached hydrogens (tertiary/aromatic N) is 2. The highest BCUT2D eigenvalue weighted by Gasteiger charge is 2.20. The Balaban J connectivity index is 2.47. The summed E-state index contributed by atoms with van der Waals surface area (Å²) in [6.07, 6.45) is -1.01. The number of aliphatic hydroxyl groups is 1. The summed E-state index contributed by atoms with van der Waals surface area (Å²) in [6.45, 7) is 3.59. The van der Waals surface area contributed by atoms with Crippen molar-refractivity contribution in [3.8, 4) is 0 Å². The van der Waals surface area contributed by atoms with Gasteiger partial charge in [0.05, 0.1) is 5.69 Å². The number of aromatic nitrogens is 2. The van der Waals surface area contributed by atoms with E-state index in [1.54, 1.807) is 18.7 Å². The van der Waals surface area contributed by atoms with Crippen LogP contribution in [0.2, 0.25) is 0 Å². The highest BCUT2D eigenvalue weighted by molar-refractivity contribution is 5.35. The summed E-state index contributed by atoms with van der Waals surface area (Å²) in [6, 6.07) is 3.38. The van der Waals surface area contributed by atoms with E-state index < -0.39 is 17.7 Å². The molecule has 1 aromatic heterocycles. The van der Waals surface area contributed by atoms with Crippen LogP contribution < -0.4 is 0 Å². The third-order valence-corrected chi connectivity index (χ3v) is 3.10. The Morgan fingerprint density at radius 1 is 1.22 bits per heavy atom. The van der Waals surface area contributed by atoms with E-state index in [1.165, 1.54) is 6.07 Å². The van der Waals surface area contributed by atoms with Crippen LogP contribution in [0.1, 0.15) is 28.6 Å². The van der Waals surface area contributed by atoms with Crippen molar-refractivity contribution in [1.82, 2.24) is 9.78 Å². The number of aryl methyl sites for hydroxylation is 2. The number of benzene rings is 1. The lowest BCUT2D eigenvalue weighted by molar-refractivity contribution is 0.218. The van der Waals surface area contributed by atoms with Crippen molar-refractivity contribution in [2.45, 2.75) is 20.0 Å². The highest BCUT2D eigenvalue weighted by Crippen LogP contribution is 2.27. The molecule has 1 N–H and O–H groups in total. The third-order valence-electron chi connectivity index (χ3n) is 3.10. The van der Waals surface area contributed by atoms with Gasteiger partial charge in [-0.05, 0) is 31.5 Å². The van der Waals surface area contributed by atoms with Gasteiger partial charge in [0.15, 0.2) is 11.6 Å². The number of halogens is 2. The largest absolute Gasteiger partial charge is 0.384 e. The minimum atomic E-state index is -1.01. The minimum absolute atomic E-state index is 0.313. The SMILES string of the molecule is Cc1nn(C)c(C)c1C(O)c1ccc(F)c(F)c1. The van der Waals surface area contributed by atoms with Gasteiger partial charge >= 0.3 is 0 Å². The molecule has 0 aliphatic carbocycles. The Hall–Kier alpha value is -1.75. The predicted octanol–water partition coefficient (Wildman–Crippen LogP) is 2.40.